The summed E-state index contributed by atoms with van der Waals surface area (Å²) in [6.07, 6.45) is 0.480. The van der Waals surface area contributed by atoms with Crippen LogP contribution in [0.5, 0.6) is 11.8 Å². The molecule has 31 heavy (non-hydrogen) atoms. The zero-order valence-corrected chi connectivity index (χ0v) is 17.5. The monoisotopic (exact) mass is 461 g/mol. The maximum absolute atomic E-state index is 12.1. The van der Waals surface area contributed by atoms with Crippen LogP contribution in [-0.4, -0.2) is 53.2 Å². The number of amides is 1. The molecule has 1 saturated heterocycles. The van der Waals surface area contributed by atoms with Crippen molar-refractivity contribution < 1.29 is 36.6 Å². The van der Waals surface area contributed by atoms with Crippen molar-refractivity contribution in [1.29, 1.82) is 0 Å². The van der Waals surface area contributed by atoms with Gasteiger partial charge in [0.2, 0.25) is 5.89 Å². The summed E-state index contributed by atoms with van der Waals surface area (Å²) in [5.41, 5.74) is -3.20. The number of aromatic nitrogens is 2. The van der Waals surface area contributed by atoms with Crippen LogP contribution < -0.4 is 14.8 Å². The fourth-order valence-corrected chi connectivity index (χ4v) is 3.21. The van der Waals surface area contributed by atoms with E-state index in [2.05, 4.69) is 15.5 Å². The van der Waals surface area contributed by atoms with Gasteiger partial charge in [0.15, 0.2) is 6.61 Å². The number of carbonyl (C=O) groups excluding carboxylic acids is 1. The smallest absolute Gasteiger partial charge is 0.441 e. The molecule has 8 nitrogen and oxygen atoms in total. The van der Waals surface area contributed by atoms with Crippen LogP contribution in [0.2, 0.25) is 0 Å². The number of rotatable bonds is 9. The Hall–Kier alpha value is -2.47. The van der Waals surface area contributed by atoms with Gasteiger partial charge in [0.1, 0.15) is 18.5 Å². The number of hydrogen-bond donors (Lipinski definition) is 1. The van der Waals surface area contributed by atoms with Gasteiger partial charge in [-0.25, -0.2) is 0 Å². The van der Waals surface area contributed by atoms with Crippen molar-refractivity contribution in [3.8, 4) is 11.8 Å². The molecule has 0 bridgehead atoms. The lowest BCUT2D eigenvalue weighted by molar-refractivity contribution is -0.125. The molecule has 0 aliphatic carbocycles. The predicted molar refractivity (Wildman–Crippen MR) is 105 cm³/mol. The second-order valence-electron chi connectivity index (χ2n) is 6.81. The molecule has 3 rings (SSSR count). The molecule has 1 N–H and O–H groups in total. The van der Waals surface area contributed by atoms with Gasteiger partial charge >= 0.3 is 11.6 Å². The van der Waals surface area contributed by atoms with Gasteiger partial charge in [0.05, 0.1) is 12.6 Å². The third-order valence-corrected chi connectivity index (χ3v) is 5.00. The van der Waals surface area contributed by atoms with Crippen LogP contribution in [0.1, 0.15) is 30.4 Å². The lowest BCUT2D eigenvalue weighted by Crippen LogP contribution is -2.43. The fourth-order valence-electron chi connectivity index (χ4n) is 2.81. The number of benzene rings is 1. The highest BCUT2D eigenvalue weighted by Gasteiger charge is 2.29. The summed E-state index contributed by atoms with van der Waals surface area (Å²) in [7, 11) is 0. The third kappa shape index (κ3) is 7.94. The molecule has 0 radical (unpaired) electrons. The van der Waals surface area contributed by atoms with E-state index in [1.807, 2.05) is 19.1 Å². The molecule has 0 unspecified atom stereocenters. The molecular formula is C19H22F3N3O5S. The Balaban J connectivity index is 1.35. The molecule has 2 heterocycles. The second-order valence-corrected chi connectivity index (χ2v) is 7.97. The van der Waals surface area contributed by atoms with Crippen molar-refractivity contribution in [2.45, 2.75) is 37.4 Å². The van der Waals surface area contributed by atoms with Crippen LogP contribution >= 0.6 is 11.8 Å². The average molecular weight is 461 g/mol. The van der Waals surface area contributed by atoms with E-state index in [1.54, 1.807) is 12.1 Å². The first kappa shape index (κ1) is 23.2. The Morgan fingerprint density at radius 3 is 2.68 bits per heavy atom. The van der Waals surface area contributed by atoms with E-state index in [1.165, 1.54) is 0 Å². The molecule has 1 aromatic carbocycles. The highest BCUT2D eigenvalue weighted by molar-refractivity contribution is 8.00. The Kier molecular flexibility index (Phi) is 8.02. The largest absolute Gasteiger partial charge is 0.484 e. The van der Waals surface area contributed by atoms with Gasteiger partial charge in [-0.05, 0) is 43.7 Å². The van der Waals surface area contributed by atoms with E-state index in [-0.39, 0.29) is 61.3 Å². The van der Waals surface area contributed by atoms with Crippen LogP contribution in [-0.2, 0) is 9.53 Å². The van der Waals surface area contributed by atoms with Crippen molar-refractivity contribution in [2.75, 3.05) is 25.6 Å². The second kappa shape index (κ2) is 10.7. The van der Waals surface area contributed by atoms with E-state index in [0.717, 1.165) is 5.56 Å². The van der Waals surface area contributed by atoms with Gasteiger partial charge in [0.25, 0.3) is 5.91 Å². The SMILES string of the molecule is Cc1ccc(OCC(=O)N[C@H]2CC[C@H](c3nnc(OCCSC(F)(F)F)o3)OC2)cc1. The number of nitrogens with one attached hydrogen (secondary N) is 1. The maximum Gasteiger partial charge on any atom is 0.441 e. The first-order valence-electron chi connectivity index (χ1n) is 9.56. The lowest BCUT2D eigenvalue weighted by Gasteiger charge is -2.27. The highest BCUT2D eigenvalue weighted by Crippen LogP contribution is 2.30. The van der Waals surface area contributed by atoms with Crippen LogP contribution in [0.4, 0.5) is 13.2 Å². The van der Waals surface area contributed by atoms with E-state index in [9.17, 15) is 18.0 Å². The Bertz CT molecular complexity index is 839. The van der Waals surface area contributed by atoms with E-state index in [0.29, 0.717) is 18.6 Å². The maximum atomic E-state index is 12.1. The van der Waals surface area contributed by atoms with E-state index < -0.39 is 11.6 Å². The van der Waals surface area contributed by atoms with Crippen LogP contribution in [0.3, 0.4) is 0 Å². The molecule has 2 aromatic rings. The van der Waals surface area contributed by atoms with Gasteiger partial charge in [-0.3, -0.25) is 4.79 Å². The zero-order chi connectivity index (χ0) is 22.3. The van der Waals surface area contributed by atoms with Crippen molar-refractivity contribution >= 4 is 17.7 Å². The first-order chi connectivity index (χ1) is 14.8. The van der Waals surface area contributed by atoms with Crippen LogP contribution in [0.15, 0.2) is 28.7 Å². The molecule has 1 aliphatic rings. The minimum absolute atomic E-state index is 0.0972. The summed E-state index contributed by atoms with van der Waals surface area (Å²) in [5, 5.41) is 10.3. The Morgan fingerprint density at radius 2 is 2.00 bits per heavy atom. The van der Waals surface area contributed by atoms with Crippen molar-refractivity contribution in [3.05, 3.63) is 35.7 Å². The molecule has 1 aromatic heterocycles. The first-order valence-corrected chi connectivity index (χ1v) is 10.5. The molecular weight excluding hydrogens is 439 g/mol. The Labute approximate surface area is 180 Å². The third-order valence-electron chi connectivity index (χ3n) is 4.30. The fraction of sp³-hybridized carbons (Fsp3) is 0.526. The molecule has 1 fully saturated rings. The molecule has 170 valence electrons. The minimum atomic E-state index is -4.31. The number of ether oxygens (including phenoxy) is 3. The van der Waals surface area contributed by atoms with Crippen LogP contribution in [0, 0.1) is 6.92 Å². The summed E-state index contributed by atoms with van der Waals surface area (Å²) in [6, 6.07) is 7.22. The number of carbonyl (C=O) groups is 1. The number of hydrogen-bond acceptors (Lipinski definition) is 8. The highest BCUT2D eigenvalue weighted by atomic mass is 32.2. The Morgan fingerprint density at radius 1 is 1.23 bits per heavy atom. The van der Waals surface area contributed by atoms with Crippen molar-refractivity contribution in [3.63, 3.8) is 0 Å². The summed E-state index contributed by atoms with van der Waals surface area (Å²) in [4.78, 5) is 12.1. The van der Waals surface area contributed by atoms with Gasteiger partial charge in [-0.15, -0.1) is 5.10 Å². The molecule has 1 amide bonds. The zero-order valence-electron chi connectivity index (χ0n) is 16.7. The lowest BCUT2D eigenvalue weighted by atomic mass is 10.1. The number of alkyl halides is 3. The molecule has 1 aliphatic heterocycles. The molecule has 0 saturated carbocycles. The average Bonchev–Trinajstić information content (AvgIpc) is 3.20. The standard InChI is InChI=1S/C19H22F3N3O5S/c1-12-2-5-14(6-3-12)28-11-16(26)23-13-4-7-15(29-10-13)17-24-25-18(30-17)27-8-9-31-19(20,21)22/h2-3,5-6,13,15H,4,7-11H2,1H3,(H,23,26)/t13-,15+/m0/s1. The number of nitrogens with zero attached hydrogens (tertiary/aromatic N) is 2. The molecule has 2 atom stereocenters. The summed E-state index contributed by atoms with van der Waals surface area (Å²) >= 11 is -0.188. The topological polar surface area (TPSA) is 95.7 Å². The van der Waals surface area contributed by atoms with Crippen molar-refractivity contribution in [1.82, 2.24) is 15.5 Å². The molecule has 12 heteroatoms. The van der Waals surface area contributed by atoms with Gasteiger partial charge in [0, 0.05) is 5.75 Å². The van der Waals surface area contributed by atoms with Gasteiger partial charge < -0.3 is 23.9 Å². The number of aryl methyl sites for hydroxylation is 1. The molecule has 0 spiro atoms. The van der Waals surface area contributed by atoms with Gasteiger partial charge in [-0.1, -0.05) is 22.8 Å². The number of thioether (sulfide) groups is 1. The van der Waals surface area contributed by atoms with Crippen molar-refractivity contribution in [2.24, 2.45) is 0 Å². The van der Waals surface area contributed by atoms with E-state index in [4.69, 9.17) is 18.6 Å². The summed E-state index contributed by atoms with van der Waals surface area (Å²) < 4.78 is 57.7. The summed E-state index contributed by atoms with van der Waals surface area (Å²) in [5.74, 6) is 0.270. The van der Waals surface area contributed by atoms with Gasteiger partial charge in [-0.2, -0.15) is 13.2 Å². The minimum Gasteiger partial charge on any atom is -0.484 e. The van der Waals surface area contributed by atoms with Crippen LogP contribution in [0.25, 0.3) is 0 Å². The van der Waals surface area contributed by atoms with E-state index >= 15 is 0 Å². The predicted octanol–water partition coefficient (Wildman–Crippen LogP) is 3.43. The summed E-state index contributed by atoms with van der Waals surface area (Å²) in [6.45, 7) is 1.91. The quantitative estimate of drug-likeness (QED) is 0.568. The normalized spacial score (nSPS) is 19.1. The number of halogens is 3.